The van der Waals surface area contributed by atoms with Crippen molar-refractivity contribution in [3.05, 3.63) is 29.3 Å². The van der Waals surface area contributed by atoms with Gasteiger partial charge in [-0.15, -0.1) is 12.4 Å². The largest absolute Gasteiger partial charge is 0.493 e. The Morgan fingerprint density at radius 2 is 1.88 bits per heavy atom. The Morgan fingerprint density at radius 3 is 2.52 bits per heavy atom. The van der Waals surface area contributed by atoms with Gasteiger partial charge in [-0.2, -0.15) is 0 Å². The fourth-order valence-corrected chi connectivity index (χ4v) is 3.21. The average molecular weight is 367 g/mol. The zero-order valence-electron chi connectivity index (χ0n) is 15.4. The standard InChI is InChI=1S/C20H30N2O2.ClH/c1-15-3-6-19(13-16(15)2)24-12-9-20(23)22-10-7-18(8-11-22)21-14-17-4-5-17;/h3,6,13,17-18,21H,4-5,7-12,14H2,1-2H3;1H. The van der Waals surface area contributed by atoms with Crippen LogP contribution in [0.15, 0.2) is 18.2 Å². The molecule has 1 aliphatic carbocycles. The van der Waals surface area contributed by atoms with Crippen LogP contribution in [0.25, 0.3) is 0 Å². The molecule has 1 amide bonds. The first-order valence-electron chi connectivity index (χ1n) is 9.33. The Bertz CT molecular complexity index is 567. The summed E-state index contributed by atoms with van der Waals surface area (Å²) in [5.74, 6) is 2.00. The zero-order valence-corrected chi connectivity index (χ0v) is 16.2. The van der Waals surface area contributed by atoms with E-state index in [1.54, 1.807) is 0 Å². The topological polar surface area (TPSA) is 41.6 Å². The second kappa shape index (κ2) is 9.44. The minimum atomic E-state index is 0. The van der Waals surface area contributed by atoms with Crippen LogP contribution >= 0.6 is 12.4 Å². The molecule has 1 heterocycles. The van der Waals surface area contributed by atoms with Crippen molar-refractivity contribution in [2.24, 2.45) is 5.92 Å². The highest BCUT2D eigenvalue weighted by atomic mass is 35.5. The lowest BCUT2D eigenvalue weighted by Crippen LogP contribution is -2.45. The Balaban J connectivity index is 0.00000225. The first kappa shape index (κ1) is 20.1. The molecule has 5 heteroatoms. The third-order valence-corrected chi connectivity index (χ3v) is 5.30. The van der Waals surface area contributed by atoms with Crippen molar-refractivity contribution in [1.29, 1.82) is 0 Å². The SMILES string of the molecule is Cc1ccc(OCCC(=O)N2CCC(NCC3CC3)CC2)cc1C.Cl. The van der Waals surface area contributed by atoms with Gasteiger partial charge in [-0.3, -0.25) is 4.79 Å². The Kier molecular flexibility index (Phi) is 7.57. The summed E-state index contributed by atoms with van der Waals surface area (Å²) in [6.45, 7) is 7.56. The van der Waals surface area contributed by atoms with Crippen molar-refractivity contribution < 1.29 is 9.53 Å². The van der Waals surface area contributed by atoms with E-state index in [9.17, 15) is 4.79 Å². The highest BCUT2D eigenvalue weighted by molar-refractivity contribution is 5.85. The molecule has 0 aromatic heterocycles. The monoisotopic (exact) mass is 366 g/mol. The highest BCUT2D eigenvalue weighted by Crippen LogP contribution is 2.28. The van der Waals surface area contributed by atoms with Gasteiger partial charge in [0.05, 0.1) is 13.0 Å². The fraction of sp³-hybridized carbons (Fsp3) is 0.650. The van der Waals surface area contributed by atoms with Crippen LogP contribution < -0.4 is 10.1 Å². The molecule has 3 rings (SSSR count). The number of carbonyl (C=O) groups is 1. The molecule has 2 aliphatic rings. The lowest BCUT2D eigenvalue weighted by atomic mass is 10.0. The number of benzene rings is 1. The molecular weight excluding hydrogens is 336 g/mol. The maximum Gasteiger partial charge on any atom is 0.225 e. The van der Waals surface area contributed by atoms with Crippen LogP contribution in [0, 0.1) is 19.8 Å². The van der Waals surface area contributed by atoms with Crippen LogP contribution in [0.3, 0.4) is 0 Å². The molecule has 4 nitrogen and oxygen atoms in total. The quantitative estimate of drug-likeness (QED) is 0.803. The summed E-state index contributed by atoms with van der Waals surface area (Å²) in [5.41, 5.74) is 2.48. The van der Waals surface area contributed by atoms with Gasteiger partial charge in [0.15, 0.2) is 0 Å². The van der Waals surface area contributed by atoms with E-state index in [0.717, 1.165) is 37.6 Å². The second-order valence-corrected chi connectivity index (χ2v) is 7.35. The molecule has 0 atom stereocenters. The Labute approximate surface area is 157 Å². The number of carbonyl (C=O) groups excluding carboxylic acids is 1. The summed E-state index contributed by atoms with van der Waals surface area (Å²) >= 11 is 0. The molecule has 0 bridgehead atoms. The van der Waals surface area contributed by atoms with Gasteiger partial charge in [0.2, 0.25) is 5.91 Å². The number of hydrogen-bond acceptors (Lipinski definition) is 3. The molecule has 0 radical (unpaired) electrons. The minimum absolute atomic E-state index is 0. The fourth-order valence-electron chi connectivity index (χ4n) is 3.21. The zero-order chi connectivity index (χ0) is 16.9. The summed E-state index contributed by atoms with van der Waals surface area (Å²) in [4.78, 5) is 14.3. The maximum atomic E-state index is 12.3. The van der Waals surface area contributed by atoms with Crippen molar-refractivity contribution in [2.45, 2.75) is 52.0 Å². The van der Waals surface area contributed by atoms with E-state index < -0.39 is 0 Å². The van der Waals surface area contributed by atoms with Gasteiger partial charge in [-0.25, -0.2) is 0 Å². The van der Waals surface area contributed by atoms with Gasteiger partial charge in [-0.05, 0) is 75.3 Å². The number of likely N-dealkylation sites (tertiary alicyclic amines) is 1. The van der Waals surface area contributed by atoms with Crippen molar-refractivity contribution in [3.63, 3.8) is 0 Å². The number of hydrogen-bond donors (Lipinski definition) is 1. The van der Waals surface area contributed by atoms with E-state index in [-0.39, 0.29) is 18.3 Å². The van der Waals surface area contributed by atoms with Crippen LogP contribution in [0.1, 0.15) is 43.2 Å². The smallest absolute Gasteiger partial charge is 0.225 e. The van der Waals surface area contributed by atoms with Gasteiger partial charge >= 0.3 is 0 Å². The molecule has 0 unspecified atom stereocenters. The lowest BCUT2D eigenvalue weighted by Gasteiger charge is -2.32. The van der Waals surface area contributed by atoms with Gasteiger partial charge in [0.25, 0.3) is 0 Å². The third kappa shape index (κ3) is 6.19. The Hall–Kier alpha value is -1.26. The molecule has 1 saturated carbocycles. The van der Waals surface area contributed by atoms with Gasteiger partial charge in [-0.1, -0.05) is 6.07 Å². The number of nitrogens with zero attached hydrogens (tertiary/aromatic N) is 1. The summed E-state index contributed by atoms with van der Waals surface area (Å²) < 4.78 is 5.74. The predicted molar refractivity (Wildman–Crippen MR) is 104 cm³/mol. The minimum Gasteiger partial charge on any atom is -0.493 e. The third-order valence-electron chi connectivity index (χ3n) is 5.30. The second-order valence-electron chi connectivity index (χ2n) is 7.35. The lowest BCUT2D eigenvalue weighted by molar-refractivity contribution is -0.132. The van der Waals surface area contributed by atoms with Crippen LogP contribution in [0.4, 0.5) is 0 Å². The Morgan fingerprint density at radius 1 is 1.16 bits per heavy atom. The van der Waals surface area contributed by atoms with E-state index in [0.29, 0.717) is 19.1 Å². The molecule has 2 fully saturated rings. The van der Waals surface area contributed by atoms with Crippen LogP contribution in [0.5, 0.6) is 5.75 Å². The molecule has 140 valence electrons. The van der Waals surface area contributed by atoms with Crippen molar-refractivity contribution in [3.8, 4) is 5.75 Å². The van der Waals surface area contributed by atoms with E-state index >= 15 is 0 Å². The maximum absolute atomic E-state index is 12.3. The van der Waals surface area contributed by atoms with Gasteiger partial charge in [0.1, 0.15) is 5.75 Å². The summed E-state index contributed by atoms with van der Waals surface area (Å²) in [5, 5.41) is 3.65. The number of ether oxygens (including phenoxy) is 1. The average Bonchev–Trinajstić information content (AvgIpc) is 3.41. The normalized spacial score (nSPS) is 17.9. The molecule has 1 aromatic carbocycles. The molecule has 1 aliphatic heterocycles. The number of nitrogens with one attached hydrogen (secondary N) is 1. The highest BCUT2D eigenvalue weighted by Gasteiger charge is 2.25. The number of rotatable bonds is 7. The van der Waals surface area contributed by atoms with Crippen molar-refractivity contribution >= 4 is 18.3 Å². The number of halogens is 1. The summed E-state index contributed by atoms with van der Waals surface area (Å²) in [7, 11) is 0. The van der Waals surface area contributed by atoms with Gasteiger partial charge in [0, 0.05) is 19.1 Å². The molecule has 25 heavy (non-hydrogen) atoms. The molecular formula is C20H31ClN2O2. The summed E-state index contributed by atoms with van der Waals surface area (Å²) in [6.07, 6.45) is 5.41. The van der Waals surface area contributed by atoms with Crippen LogP contribution in [-0.2, 0) is 4.79 Å². The van der Waals surface area contributed by atoms with Crippen molar-refractivity contribution in [1.82, 2.24) is 10.2 Å². The van der Waals surface area contributed by atoms with E-state index in [1.165, 1.54) is 30.5 Å². The van der Waals surface area contributed by atoms with E-state index in [1.807, 2.05) is 17.0 Å². The number of amides is 1. The van der Waals surface area contributed by atoms with Crippen LogP contribution in [0.2, 0.25) is 0 Å². The molecule has 1 aromatic rings. The number of aryl methyl sites for hydroxylation is 2. The molecule has 0 spiro atoms. The molecule has 1 saturated heterocycles. The van der Waals surface area contributed by atoms with Crippen LogP contribution in [-0.4, -0.2) is 43.1 Å². The first-order chi connectivity index (χ1) is 11.6. The van der Waals surface area contributed by atoms with E-state index in [2.05, 4.69) is 25.2 Å². The number of piperidine rings is 1. The van der Waals surface area contributed by atoms with Crippen molar-refractivity contribution in [2.75, 3.05) is 26.2 Å². The van der Waals surface area contributed by atoms with E-state index in [4.69, 9.17) is 4.74 Å². The predicted octanol–water partition coefficient (Wildman–Crippen LogP) is 3.48. The summed E-state index contributed by atoms with van der Waals surface area (Å²) in [6, 6.07) is 6.67. The van der Waals surface area contributed by atoms with Gasteiger partial charge < -0.3 is 15.0 Å². The first-order valence-corrected chi connectivity index (χ1v) is 9.33. The molecule has 1 N–H and O–H groups in total.